The molecule has 4 rings (SSSR count). The third-order valence-electron chi connectivity index (χ3n) is 5.99. The fourth-order valence-corrected chi connectivity index (χ4v) is 4.17. The quantitative estimate of drug-likeness (QED) is 0.678. The first-order valence-corrected chi connectivity index (χ1v) is 9.86. The number of methoxy groups -OCH3 is 1. The normalized spacial score (nSPS) is 23.1. The Hall–Kier alpha value is -3.36. The van der Waals surface area contributed by atoms with Crippen molar-refractivity contribution in [1.82, 2.24) is 19.6 Å². The number of amides is 3. The minimum Gasteiger partial charge on any atom is -0.468 e. The Labute approximate surface area is 175 Å². The highest BCUT2D eigenvalue weighted by molar-refractivity contribution is 6.06. The van der Waals surface area contributed by atoms with Gasteiger partial charge in [0.15, 0.2) is 12.2 Å². The number of ether oxygens (including phenoxy) is 1. The standard InChI is InChI=1S/C21H25N5O4/c1-13-14(2)26-17-18(23(3)21(29)25(19(17)28)12-16(27)30-4)22-20(26)24(13)11-10-15-8-6-5-7-9-15/h5-9,17-18H,10-12H2,1-4H3. The molecule has 1 aromatic carbocycles. The number of nitrogens with zero attached hydrogens (tertiary/aromatic N) is 5. The Bertz CT molecular complexity index is 957. The van der Waals surface area contributed by atoms with E-state index in [0.29, 0.717) is 12.5 Å². The highest BCUT2D eigenvalue weighted by Gasteiger charge is 2.55. The van der Waals surface area contributed by atoms with Gasteiger partial charge in [0.1, 0.15) is 6.54 Å². The van der Waals surface area contributed by atoms with Gasteiger partial charge in [-0.25, -0.2) is 9.79 Å². The first-order chi connectivity index (χ1) is 14.3. The third kappa shape index (κ3) is 3.01. The maximum atomic E-state index is 13.2. The number of carbonyl (C=O) groups is 3. The maximum absolute atomic E-state index is 13.2. The SMILES string of the molecule is COC(=O)CN1C(=O)C2C(N=C3N(CCc4ccccc4)C(C)=C(C)N32)N(C)C1=O. The van der Waals surface area contributed by atoms with E-state index in [9.17, 15) is 14.4 Å². The van der Waals surface area contributed by atoms with Gasteiger partial charge in [0.2, 0.25) is 5.96 Å². The number of urea groups is 1. The van der Waals surface area contributed by atoms with Gasteiger partial charge in [-0.1, -0.05) is 30.3 Å². The zero-order valence-electron chi connectivity index (χ0n) is 17.5. The molecule has 1 aromatic rings. The molecule has 0 N–H and O–H groups in total. The number of imide groups is 1. The highest BCUT2D eigenvalue weighted by atomic mass is 16.5. The second kappa shape index (κ2) is 7.47. The fourth-order valence-electron chi connectivity index (χ4n) is 4.17. The molecular weight excluding hydrogens is 386 g/mol. The summed E-state index contributed by atoms with van der Waals surface area (Å²) < 4.78 is 4.65. The van der Waals surface area contributed by atoms with Crippen LogP contribution in [0.2, 0.25) is 0 Å². The number of aliphatic imine (C=N–C) groups is 1. The van der Waals surface area contributed by atoms with Gasteiger partial charge in [0.25, 0.3) is 5.91 Å². The van der Waals surface area contributed by atoms with Crippen molar-refractivity contribution in [2.75, 3.05) is 27.2 Å². The summed E-state index contributed by atoms with van der Waals surface area (Å²) in [7, 11) is 2.83. The van der Waals surface area contributed by atoms with E-state index in [0.717, 1.165) is 22.7 Å². The average Bonchev–Trinajstić information content (AvgIpc) is 3.25. The monoisotopic (exact) mass is 411 g/mol. The molecule has 0 aliphatic carbocycles. The van der Waals surface area contributed by atoms with Crippen molar-refractivity contribution in [3.05, 3.63) is 47.3 Å². The molecule has 2 unspecified atom stereocenters. The number of likely N-dealkylation sites (N-methyl/N-ethyl adjacent to an activating group) is 1. The molecule has 30 heavy (non-hydrogen) atoms. The summed E-state index contributed by atoms with van der Waals surface area (Å²) in [5.41, 5.74) is 3.16. The molecule has 3 aliphatic rings. The van der Waals surface area contributed by atoms with Crippen molar-refractivity contribution < 1.29 is 19.1 Å². The van der Waals surface area contributed by atoms with E-state index in [2.05, 4.69) is 21.8 Å². The lowest BCUT2D eigenvalue weighted by molar-refractivity contribution is -0.148. The molecule has 158 valence electrons. The maximum Gasteiger partial charge on any atom is 0.328 e. The predicted octanol–water partition coefficient (Wildman–Crippen LogP) is 1.23. The first-order valence-electron chi connectivity index (χ1n) is 9.86. The molecule has 0 saturated carbocycles. The van der Waals surface area contributed by atoms with Gasteiger partial charge in [-0.2, -0.15) is 0 Å². The molecule has 0 aromatic heterocycles. The number of guanidine groups is 1. The van der Waals surface area contributed by atoms with Crippen LogP contribution >= 0.6 is 0 Å². The number of benzene rings is 1. The van der Waals surface area contributed by atoms with Crippen LogP contribution in [0.15, 0.2) is 46.7 Å². The number of allylic oxidation sites excluding steroid dienone is 2. The summed E-state index contributed by atoms with van der Waals surface area (Å²) in [6, 6.07) is 8.93. The van der Waals surface area contributed by atoms with Gasteiger partial charge < -0.3 is 14.5 Å². The molecule has 1 saturated heterocycles. The predicted molar refractivity (Wildman–Crippen MR) is 109 cm³/mol. The van der Waals surface area contributed by atoms with Crippen molar-refractivity contribution >= 4 is 23.9 Å². The summed E-state index contributed by atoms with van der Waals surface area (Å²) in [5.74, 6) is -0.412. The first kappa shape index (κ1) is 19.9. The zero-order valence-corrected chi connectivity index (χ0v) is 17.5. The van der Waals surface area contributed by atoms with Gasteiger partial charge >= 0.3 is 12.0 Å². The van der Waals surface area contributed by atoms with E-state index in [4.69, 9.17) is 4.99 Å². The topological polar surface area (TPSA) is 85.8 Å². The minimum atomic E-state index is -0.691. The number of hydrogen-bond donors (Lipinski definition) is 0. The van der Waals surface area contributed by atoms with Crippen molar-refractivity contribution in [2.45, 2.75) is 32.5 Å². The molecule has 3 aliphatic heterocycles. The fraction of sp³-hybridized carbons (Fsp3) is 0.429. The summed E-state index contributed by atoms with van der Waals surface area (Å²) in [6.07, 6.45) is 0.196. The lowest BCUT2D eigenvalue weighted by atomic mass is 10.1. The van der Waals surface area contributed by atoms with Gasteiger partial charge in [0.05, 0.1) is 7.11 Å². The smallest absolute Gasteiger partial charge is 0.328 e. The summed E-state index contributed by atoms with van der Waals surface area (Å²) in [5, 5.41) is 0. The zero-order chi connectivity index (χ0) is 21.6. The lowest BCUT2D eigenvalue weighted by Crippen LogP contribution is -2.65. The second-order valence-electron chi connectivity index (χ2n) is 7.61. The minimum absolute atomic E-state index is 0.412. The molecule has 1 fully saturated rings. The summed E-state index contributed by atoms with van der Waals surface area (Å²) >= 11 is 0. The third-order valence-corrected chi connectivity index (χ3v) is 5.99. The van der Waals surface area contributed by atoms with E-state index in [1.807, 2.05) is 36.9 Å². The van der Waals surface area contributed by atoms with E-state index in [-0.39, 0.29) is 0 Å². The molecule has 3 amide bonds. The second-order valence-corrected chi connectivity index (χ2v) is 7.61. The number of hydrogen-bond acceptors (Lipinski definition) is 7. The van der Waals surface area contributed by atoms with Gasteiger partial charge in [-0.05, 0) is 25.8 Å². The van der Waals surface area contributed by atoms with Gasteiger partial charge in [-0.15, -0.1) is 0 Å². The molecule has 0 spiro atoms. The Morgan fingerprint density at radius 1 is 1.10 bits per heavy atom. The molecule has 2 atom stereocenters. The average molecular weight is 411 g/mol. The van der Waals surface area contributed by atoms with Gasteiger partial charge in [0, 0.05) is 25.0 Å². The van der Waals surface area contributed by atoms with Crippen LogP contribution in [-0.2, 0) is 20.7 Å². The molecule has 9 nitrogen and oxygen atoms in total. The molecule has 3 heterocycles. The van der Waals surface area contributed by atoms with E-state index in [1.54, 1.807) is 7.05 Å². The van der Waals surface area contributed by atoms with Crippen LogP contribution in [0.4, 0.5) is 4.79 Å². The number of rotatable bonds is 5. The van der Waals surface area contributed by atoms with Gasteiger partial charge in [-0.3, -0.25) is 19.4 Å². The molecule has 0 bridgehead atoms. The van der Waals surface area contributed by atoms with Crippen molar-refractivity contribution in [1.29, 1.82) is 0 Å². The molecule has 9 heteroatoms. The Morgan fingerprint density at radius 2 is 1.80 bits per heavy atom. The van der Waals surface area contributed by atoms with Crippen molar-refractivity contribution in [3.63, 3.8) is 0 Å². The number of carbonyl (C=O) groups excluding carboxylic acids is 3. The van der Waals surface area contributed by atoms with Crippen LogP contribution in [0, 0.1) is 0 Å². The van der Waals surface area contributed by atoms with Crippen LogP contribution in [0.25, 0.3) is 0 Å². The van der Waals surface area contributed by atoms with Crippen LogP contribution < -0.4 is 0 Å². The largest absolute Gasteiger partial charge is 0.468 e. The van der Waals surface area contributed by atoms with Crippen LogP contribution in [0.1, 0.15) is 19.4 Å². The Balaban J connectivity index is 1.61. The van der Waals surface area contributed by atoms with E-state index < -0.39 is 36.7 Å². The van der Waals surface area contributed by atoms with Crippen LogP contribution in [-0.4, -0.2) is 82.9 Å². The highest BCUT2D eigenvalue weighted by Crippen LogP contribution is 2.37. The summed E-state index contributed by atoms with van der Waals surface area (Å²) in [6.45, 7) is 4.25. The Kier molecular flexibility index (Phi) is 4.97. The lowest BCUT2D eigenvalue weighted by Gasteiger charge is -2.40. The van der Waals surface area contributed by atoms with Crippen molar-refractivity contribution in [2.24, 2.45) is 4.99 Å². The Morgan fingerprint density at radius 3 is 2.47 bits per heavy atom. The molecular formula is C21H25N5O4. The summed E-state index contributed by atoms with van der Waals surface area (Å²) in [4.78, 5) is 48.7. The molecule has 0 radical (unpaired) electrons. The van der Waals surface area contributed by atoms with Crippen LogP contribution in [0.3, 0.4) is 0 Å². The number of esters is 1. The van der Waals surface area contributed by atoms with Crippen LogP contribution in [0.5, 0.6) is 0 Å². The number of fused-ring (bicyclic) bond motifs is 3. The van der Waals surface area contributed by atoms with Crippen molar-refractivity contribution in [3.8, 4) is 0 Å². The van der Waals surface area contributed by atoms with E-state index in [1.165, 1.54) is 17.6 Å². The van der Waals surface area contributed by atoms with E-state index >= 15 is 0 Å².